The van der Waals surface area contributed by atoms with Crippen molar-refractivity contribution >= 4 is 6.72 Å². The van der Waals surface area contributed by atoms with Crippen LogP contribution >= 0.6 is 0 Å². The molecule has 0 bridgehead atoms. The van der Waals surface area contributed by atoms with Crippen LogP contribution in [0.4, 0.5) is 0 Å². The van der Waals surface area contributed by atoms with Gasteiger partial charge in [0.2, 0.25) is 0 Å². The van der Waals surface area contributed by atoms with E-state index in [1.807, 2.05) is 13.0 Å². The van der Waals surface area contributed by atoms with Crippen LogP contribution in [-0.4, -0.2) is 13.3 Å². The summed E-state index contributed by atoms with van der Waals surface area (Å²) in [6.45, 7) is 16.6. The van der Waals surface area contributed by atoms with E-state index < -0.39 is 0 Å². The maximum Gasteiger partial charge on any atom is 0.0397 e. The molecule has 0 amide bonds. The van der Waals surface area contributed by atoms with Crippen LogP contribution in [0.5, 0.6) is 0 Å². The molecule has 0 atom stereocenters. The Kier molecular flexibility index (Phi) is 8.63. The van der Waals surface area contributed by atoms with Gasteiger partial charge in [0.1, 0.15) is 0 Å². The van der Waals surface area contributed by atoms with Crippen molar-refractivity contribution in [3.05, 3.63) is 47.3 Å². The van der Waals surface area contributed by atoms with E-state index in [0.29, 0.717) is 0 Å². The van der Waals surface area contributed by atoms with Gasteiger partial charge >= 0.3 is 0 Å². The first-order valence-corrected chi connectivity index (χ1v) is 6.34. The quantitative estimate of drug-likeness (QED) is 0.383. The van der Waals surface area contributed by atoms with E-state index in [1.165, 1.54) is 16.7 Å². The smallest absolute Gasteiger partial charge is 0.0397 e. The van der Waals surface area contributed by atoms with Gasteiger partial charge in [0.15, 0.2) is 0 Å². The van der Waals surface area contributed by atoms with Crippen LogP contribution in [0, 0.1) is 0 Å². The van der Waals surface area contributed by atoms with Gasteiger partial charge < -0.3 is 5.32 Å². The van der Waals surface area contributed by atoms with Crippen LogP contribution in [0.25, 0.3) is 0 Å². The lowest BCUT2D eigenvalue weighted by Gasteiger charge is -2.10. The summed E-state index contributed by atoms with van der Waals surface area (Å²) in [5, 5.41) is 3.13. The normalized spacial score (nSPS) is 12.6. The van der Waals surface area contributed by atoms with Crippen LogP contribution in [0.2, 0.25) is 0 Å². The van der Waals surface area contributed by atoms with Crippen molar-refractivity contribution in [2.75, 3.05) is 6.54 Å². The van der Waals surface area contributed by atoms with E-state index in [2.05, 4.69) is 50.5 Å². The van der Waals surface area contributed by atoms with Crippen molar-refractivity contribution in [1.82, 2.24) is 5.32 Å². The fourth-order valence-electron chi connectivity index (χ4n) is 1.64. The van der Waals surface area contributed by atoms with Gasteiger partial charge in [-0.2, -0.15) is 0 Å². The topological polar surface area (TPSA) is 24.4 Å². The summed E-state index contributed by atoms with van der Waals surface area (Å²) in [6, 6.07) is 0. The Morgan fingerprint density at radius 1 is 1.28 bits per heavy atom. The molecule has 0 spiro atoms. The van der Waals surface area contributed by atoms with Gasteiger partial charge in [0.05, 0.1) is 0 Å². The summed E-state index contributed by atoms with van der Waals surface area (Å²) >= 11 is 0. The Labute approximate surface area is 112 Å². The maximum atomic E-state index is 4.05. The number of aliphatic imine (C=N–C) groups is 1. The highest BCUT2D eigenvalue weighted by atomic mass is 14.8. The summed E-state index contributed by atoms with van der Waals surface area (Å²) < 4.78 is 0. The molecule has 0 saturated heterocycles. The zero-order chi connectivity index (χ0) is 14.0. The molecular weight excluding hydrogens is 220 g/mol. The lowest BCUT2D eigenvalue weighted by atomic mass is 9.99. The molecular formula is C16H26N2. The number of nitrogens with zero attached hydrogens (tertiary/aromatic N) is 1. The average Bonchev–Trinajstić information content (AvgIpc) is 2.34. The molecule has 18 heavy (non-hydrogen) atoms. The SMILES string of the molecule is C=CNCC/C(C)=C(/C=C(C)C)C/C(=C/C)N=C. The van der Waals surface area contributed by atoms with Gasteiger partial charge in [-0.3, -0.25) is 4.99 Å². The second kappa shape index (κ2) is 9.46. The van der Waals surface area contributed by atoms with E-state index in [1.54, 1.807) is 6.20 Å². The lowest BCUT2D eigenvalue weighted by Crippen LogP contribution is -2.07. The van der Waals surface area contributed by atoms with Gasteiger partial charge in [-0.1, -0.05) is 29.9 Å². The highest BCUT2D eigenvalue weighted by Gasteiger charge is 2.03. The highest BCUT2D eigenvalue weighted by Crippen LogP contribution is 2.20. The Bertz CT molecular complexity index is 367. The van der Waals surface area contributed by atoms with E-state index in [-0.39, 0.29) is 0 Å². The van der Waals surface area contributed by atoms with Crippen LogP contribution in [0.1, 0.15) is 40.5 Å². The summed E-state index contributed by atoms with van der Waals surface area (Å²) in [6.07, 6.45) is 7.85. The lowest BCUT2D eigenvalue weighted by molar-refractivity contribution is 0.816. The molecule has 0 unspecified atom stereocenters. The van der Waals surface area contributed by atoms with Gasteiger partial charge in [0.25, 0.3) is 0 Å². The first-order chi connectivity index (χ1) is 8.54. The third kappa shape index (κ3) is 6.89. The van der Waals surface area contributed by atoms with Crippen LogP contribution in [0.15, 0.2) is 52.3 Å². The van der Waals surface area contributed by atoms with Crippen molar-refractivity contribution < 1.29 is 0 Å². The second-order valence-corrected chi connectivity index (χ2v) is 4.55. The number of hydrogen-bond acceptors (Lipinski definition) is 2. The fraction of sp³-hybridized carbons (Fsp3) is 0.438. The van der Waals surface area contributed by atoms with Crippen molar-refractivity contribution in [2.45, 2.75) is 40.5 Å². The molecule has 2 heteroatoms. The Balaban J connectivity index is 4.96. The summed E-state index contributed by atoms with van der Waals surface area (Å²) in [5.74, 6) is 0. The molecule has 2 nitrogen and oxygen atoms in total. The summed E-state index contributed by atoms with van der Waals surface area (Å²) in [5.41, 5.74) is 5.05. The highest BCUT2D eigenvalue weighted by molar-refractivity contribution is 5.35. The maximum absolute atomic E-state index is 4.05. The molecule has 0 aromatic rings. The van der Waals surface area contributed by atoms with Crippen molar-refractivity contribution in [3.8, 4) is 0 Å². The fourth-order valence-corrected chi connectivity index (χ4v) is 1.64. The van der Waals surface area contributed by atoms with Gasteiger partial charge in [0, 0.05) is 18.7 Å². The Hall–Kier alpha value is -1.57. The van der Waals surface area contributed by atoms with Gasteiger partial charge in [-0.15, -0.1) is 0 Å². The Morgan fingerprint density at radius 3 is 2.39 bits per heavy atom. The number of allylic oxidation sites excluding steroid dienone is 4. The minimum absolute atomic E-state index is 0.852. The standard InChI is InChI=1S/C16H26N2/c1-7-16(17-6)12-15(11-13(3)4)14(5)9-10-18-8-2/h7-8,11,18H,2,6,9-10,12H2,1,3-5H3/b15-14-,16-7-. The predicted octanol–water partition coefficient (Wildman–Crippen LogP) is 4.39. The van der Waals surface area contributed by atoms with E-state index in [4.69, 9.17) is 0 Å². The molecule has 0 aromatic heterocycles. The predicted molar refractivity (Wildman–Crippen MR) is 82.9 cm³/mol. The van der Waals surface area contributed by atoms with Crippen LogP contribution in [0.3, 0.4) is 0 Å². The molecule has 0 saturated carbocycles. The van der Waals surface area contributed by atoms with E-state index in [0.717, 1.165) is 25.1 Å². The third-order valence-electron chi connectivity index (χ3n) is 2.71. The second-order valence-electron chi connectivity index (χ2n) is 4.55. The summed E-state index contributed by atoms with van der Waals surface area (Å²) in [7, 11) is 0. The summed E-state index contributed by atoms with van der Waals surface area (Å²) in [4.78, 5) is 4.05. The van der Waals surface area contributed by atoms with Gasteiger partial charge in [-0.05, 0) is 52.6 Å². The van der Waals surface area contributed by atoms with Crippen molar-refractivity contribution in [1.29, 1.82) is 0 Å². The first kappa shape index (κ1) is 16.4. The van der Waals surface area contributed by atoms with Gasteiger partial charge in [-0.25, -0.2) is 0 Å². The van der Waals surface area contributed by atoms with E-state index in [9.17, 15) is 0 Å². The van der Waals surface area contributed by atoms with Crippen molar-refractivity contribution in [2.24, 2.45) is 4.99 Å². The van der Waals surface area contributed by atoms with E-state index >= 15 is 0 Å². The zero-order valence-corrected chi connectivity index (χ0v) is 12.2. The number of nitrogens with one attached hydrogen (secondary N) is 1. The average molecular weight is 246 g/mol. The first-order valence-electron chi connectivity index (χ1n) is 6.34. The molecule has 0 aromatic carbocycles. The molecule has 0 radical (unpaired) electrons. The largest absolute Gasteiger partial charge is 0.391 e. The zero-order valence-electron chi connectivity index (χ0n) is 12.2. The molecule has 1 N–H and O–H groups in total. The number of rotatable bonds is 8. The molecule has 0 rings (SSSR count). The van der Waals surface area contributed by atoms with Crippen molar-refractivity contribution in [3.63, 3.8) is 0 Å². The Morgan fingerprint density at radius 2 is 1.94 bits per heavy atom. The monoisotopic (exact) mass is 246 g/mol. The number of hydrogen-bond donors (Lipinski definition) is 1. The molecule has 0 aliphatic carbocycles. The molecule has 0 aliphatic heterocycles. The molecule has 100 valence electrons. The van der Waals surface area contributed by atoms with Crippen LogP contribution in [-0.2, 0) is 0 Å². The minimum Gasteiger partial charge on any atom is -0.391 e. The minimum atomic E-state index is 0.852. The molecule has 0 heterocycles. The molecule has 0 fully saturated rings. The third-order valence-corrected chi connectivity index (χ3v) is 2.71. The molecule has 0 aliphatic rings. The van der Waals surface area contributed by atoms with Crippen LogP contribution < -0.4 is 5.32 Å².